The van der Waals surface area contributed by atoms with Crippen LogP contribution in [-0.4, -0.2) is 42.1 Å². The Balaban J connectivity index is 1.90. The van der Waals surface area contributed by atoms with Gasteiger partial charge >= 0.3 is 12.1 Å². The van der Waals surface area contributed by atoms with Crippen LogP contribution in [0.5, 0.6) is 0 Å². The van der Waals surface area contributed by atoms with Crippen molar-refractivity contribution in [1.82, 2.24) is 5.32 Å². The van der Waals surface area contributed by atoms with Crippen molar-refractivity contribution in [1.29, 1.82) is 0 Å². The molecule has 2 aromatic rings. The number of alkyl carbamates (subject to hydrolysis) is 1. The number of esters is 1. The number of benzene rings is 2. The molecule has 0 aliphatic heterocycles. The van der Waals surface area contributed by atoms with Gasteiger partial charge in [0.25, 0.3) is 0 Å². The van der Waals surface area contributed by atoms with Gasteiger partial charge in [0.05, 0.1) is 25.7 Å². The van der Waals surface area contributed by atoms with Gasteiger partial charge in [0.1, 0.15) is 12.4 Å². The summed E-state index contributed by atoms with van der Waals surface area (Å²) in [5, 5.41) is 2.38. The summed E-state index contributed by atoms with van der Waals surface area (Å²) in [4.78, 5) is 34.9. The maximum Gasteiger partial charge on any atom is 0.408 e. The predicted octanol–water partition coefficient (Wildman–Crippen LogP) is 3.93. The van der Waals surface area contributed by atoms with Crippen LogP contribution in [0.25, 0.3) is 0 Å². The minimum atomic E-state index is -3.97. The molecule has 1 amide bonds. The summed E-state index contributed by atoms with van der Waals surface area (Å²) in [5.41, 5.74) is 1.71. The van der Waals surface area contributed by atoms with Crippen molar-refractivity contribution in [2.24, 2.45) is 5.92 Å². The first-order valence-electron chi connectivity index (χ1n) is 10.4. The highest BCUT2D eigenvalue weighted by Crippen LogP contribution is 2.46. The minimum Gasteiger partial charge on any atom is -0.466 e. The van der Waals surface area contributed by atoms with E-state index in [4.69, 9.17) is 14.2 Å². The van der Waals surface area contributed by atoms with E-state index in [0.29, 0.717) is 0 Å². The SMILES string of the molecule is CCOC(=O)C(COCc1ccccc1)CP(=O)(O)C(C)NC(=O)OCc1ccccc1. The Morgan fingerprint density at radius 2 is 1.53 bits per heavy atom. The molecule has 0 bridgehead atoms. The van der Waals surface area contributed by atoms with E-state index in [-0.39, 0.29) is 32.6 Å². The van der Waals surface area contributed by atoms with Crippen LogP contribution < -0.4 is 5.32 Å². The molecule has 2 aromatic carbocycles. The van der Waals surface area contributed by atoms with Crippen LogP contribution in [-0.2, 0) is 36.8 Å². The van der Waals surface area contributed by atoms with Gasteiger partial charge < -0.3 is 24.4 Å². The largest absolute Gasteiger partial charge is 0.466 e. The molecule has 0 heterocycles. The van der Waals surface area contributed by atoms with Gasteiger partial charge in [-0.2, -0.15) is 0 Å². The number of amides is 1. The topological polar surface area (TPSA) is 111 Å². The van der Waals surface area contributed by atoms with Gasteiger partial charge in [0.15, 0.2) is 0 Å². The zero-order valence-electron chi connectivity index (χ0n) is 18.3. The summed E-state index contributed by atoms with van der Waals surface area (Å²) in [5.74, 6) is -2.68. The first-order valence-corrected chi connectivity index (χ1v) is 12.3. The molecule has 0 aromatic heterocycles. The third-order valence-electron chi connectivity index (χ3n) is 4.68. The average molecular weight is 463 g/mol. The molecule has 0 fully saturated rings. The zero-order chi connectivity index (χ0) is 23.4. The molecule has 174 valence electrons. The normalized spacial score (nSPS) is 14.6. The highest BCUT2D eigenvalue weighted by molar-refractivity contribution is 7.58. The molecule has 0 aliphatic rings. The Morgan fingerprint density at radius 3 is 2.09 bits per heavy atom. The second kappa shape index (κ2) is 13.0. The van der Waals surface area contributed by atoms with E-state index >= 15 is 0 Å². The Morgan fingerprint density at radius 1 is 0.969 bits per heavy atom. The maximum atomic E-state index is 12.9. The molecular formula is C23H30NO7P. The molecule has 9 heteroatoms. The standard InChI is InChI=1S/C23H30NO7P/c1-3-30-22(25)21(16-29-14-19-10-6-4-7-11-19)17-32(27,28)18(2)24-23(26)31-15-20-12-8-5-9-13-20/h4-13,18,21H,3,14-17H2,1-2H3,(H,24,26)(H,27,28). The summed E-state index contributed by atoms with van der Waals surface area (Å²) in [6.45, 7) is 3.41. The molecular weight excluding hydrogens is 433 g/mol. The molecule has 0 spiro atoms. The summed E-state index contributed by atoms with van der Waals surface area (Å²) < 4.78 is 28.6. The second-order valence-corrected chi connectivity index (χ2v) is 9.92. The van der Waals surface area contributed by atoms with Crippen LogP contribution >= 0.6 is 7.37 Å². The second-order valence-electron chi connectivity index (χ2n) is 7.27. The number of carbonyl (C=O) groups excluding carboxylic acids is 2. The Bertz CT molecular complexity index is 892. The van der Waals surface area contributed by atoms with E-state index in [0.717, 1.165) is 11.1 Å². The van der Waals surface area contributed by atoms with Crippen molar-refractivity contribution in [3.63, 3.8) is 0 Å². The first-order chi connectivity index (χ1) is 15.3. The van der Waals surface area contributed by atoms with Crippen molar-refractivity contribution in [3.05, 3.63) is 71.8 Å². The Labute approximate surface area is 188 Å². The van der Waals surface area contributed by atoms with E-state index in [1.165, 1.54) is 6.92 Å². The molecule has 0 aliphatic carbocycles. The minimum absolute atomic E-state index is 0.0356. The lowest BCUT2D eigenvalue weighted by Gasteiger charge is -2.24. The van der Waals surface area contributed by atoms with Gasteiger partial charge in [-0.25, -0.2) is 4.79 Å². The lowest BCUT2D eigenvalue weighted by atomic mass is 10.2. The van der Waals surface area contributed by atoms with Crippen molar-refractivity contribution in [2.75, 3.05) is 19.4 Å². The fraction of sp³-hybridized carbons (Fsp3) is 0.391. The van der Waals surface area contributed by atoms with Crippen molar-refractivity contribution < 1.29 is 33.3 Å². The lowest BCUT2D eigenvalue weighted by Crippen LogP contribution is -2.36. The smallest absolute Gasteiger partial charge is 0.408 e. The monoisotopic (exact) mass is 463 g/mol. The van der Waals surface area contributed by atoms with Crippen LogP contribution in [0.3, 0.4) is 0 Å². The lowest BCUT2D eigenvalue weighted by molar-refractivity contribution is -0.149. The highest BCUT2D eigenvalue weighted by atomic mass is 31.2. The van der Waals surface area contributed by atoms with E-state index in [1.54, 1.807) is 19.1 Å². The number of ether oxygens (including phenoxy) is 3. The van der Waals surface area contributed by atoms with Crippen LogP contribution in [0.2, 0.25) is 0 Å². The number of rotatable bonds is 12. The molecule has 3 atom stereocenters. The van der Waals surface area contributed by atoms with E-state index < -0.39 is 31.1 Å². The fourth-order valence-corrected chi connectivity index (χ4v) is 4.37. The van der Waals surface area contributed by atoms with Gasteiger partial charge in [-0.3, -0.25) is 9.36 Å². The third-order valence-corrected chi connectivity index (χ3v) is 6.98. The Kier molecular flexibility index (Phi) is 10.4. The van der Waals surface area contributed by atoms with Gasteiger partial charge in [0, 0.05) is 6.16 Å². The average Bonchev–Trinajstić information content (AvgIpc) is 2.78. The van der Waals surface area contributed by atoms with Gasteiger partial charge in [-0.1, -0.05) is 60.7 Å². The summed E-state index contributed by atoms with van der Waals surface area (Å²) >= 11 is 0. The van der Waals surface area contributed by atoms with Crippen LogP contribution in [0.1, 0.15) is 25.0 Å². The van der Waals surface area contributed by atoms with Gasteiger partial charge in [-0.05, 0) is 25.0 Å². The third kappa shape index (κ3) is 8.83. The summed E-state index contributed by atoms with van der Waals surface area (Å²) in [6, 6.07) is 18.4. The number of hydrogen-bond acceptors (Lipinski definition) is 6. The van der Waals surface area contributed by atoms with Crippen molar-refractivity contribution >= 4 is 19.4 Å². The number of carbonyl (C=O) groups is 2. The molecule has 32 heavy (non-hydrogen) atoms. The fourth-order valence-electron chi connectivity index (χ4n) is 2.86. The molecule has 2 rings (SSSR count). The van der Waals surface area contributed by atoms with Crippen molar-refractivity contribution in [3.8, 4) is 0 Å². The first kappa shape index (κ1) is 25.6. The van der Waals surface area contributed by atoms with E-state index in [9.17, 15) is 19.0 Å². The summed E-state index contributed by atoms with van der Waals surface area (Å²) in [6.07, 6.45) is -1.20. The quantitative estimate of drug-likeness (QED) is 0.362. The number of nitrogens with one attached hydrogen (secondary N) is 1. The van der Waals surface area contributed by atoms with Gasteiger partial charge in [-0.15, -0.1) is 0 Å². The molecule has 3 unspecified atom stereocenters. The van der Waals surface area contributed by atoms with Crippen LogP contribution in [0, 0.1) is 5.92 Å². The van der Waals surface area contributed by atoms with E-state index in [2.05, 4.69) is 5.32 Å². The highest BCUT2D eigenvalue weighted by Gasteiger charge is 2.35. The molecule has 0 radical (unpaired) electrons. The summed E-state index contributed by atoms with van der Waals surface area (Å²) in [7, 11) is -3.97. The number of hydrogen-bond donors (Lipinski definition) is 2. The molecule has 8 nitrogen and oxygen atoms in total. The van der Waals surface area contributed by atoms with Crippen LogP contribution in [0.15, 0.2) is 60.7 Å². The van der Waals surface area contributed by atoms with E-state index in [1.807, 2.05) is 48.5 Å². The van der Waals surface area contributed by atoms with Crippen molar-refractivity contribution in [2.45, 2.75) is 32.8 Å². The molecule has 0 saturated carbocycles. The molecule has 0 saturated heterocycles. The Hall–Kier alpha value is -2.67. The van der Waals surface area contributed by atoms with Gasteiger partial charge in [0.2, 0.25) is 7.37 Å². The molecule has 2 N–H and O–H groups in total. The van der Waals surface area contributed by atoms with Crippen LogP contribution in [0.4, 0.5) is 4.79 Å². The predicted molar refractivity (Wildman–Crippen MR) is 120 cm³/mol. The maximum absolute atomic E-state index is 12.9. The zero-order valence-corrected chi connectivity index (χ0v) is 19.2.